The molecule has 2 aromatic rings. The molecule has 26 heavy (non-hydrogen) atoms. The lowest BCUT2D eigenvalue weighted by atomic mass is 10.0. The Kier molecular flexibility index (Phi) is 6.16. The molecule has 1 unspecified atom stereocenters. The van der Waals surface area contributed by atoms with Crippen LogP contribution >= 0.6 is 0 Å². The van der Waals surface area contributed by atoms with Crippen LogP contribution in [0.2, 0.25) is 0 Å². The van der Waals surface area contributed by atoms with Gasteiger partial charge in [0.05, 0.1) is 5.56 Å². The minimum atomic E-state index is -0.590. The van der Waals surface area contributed by atoms with Crippen LogP contribution in [0.5, 0.6) is 0 Å². The number of nitrogens with zero attached hydrogens (tertiary/aromatic N) is 1. The number of hydrogen-bond acceptors (Lipinski definition) is 5. The summed E-state index contributed by atoms with van der Waals surface area (Å²) in [6.45, 7) is 5.98. The summed E-state index contributed by atoms with van der Waals surface area (Å²) in [5, 5.41) is 6.15. The van der Waals surface area contributed by atoms with Gasteiger partial charge < -0.3 is 22.1 Å². The van der Waals surface area contributed by atoms with Crippen LogP contribution < -0.4 is 22.1 Å². The summed E-state index contributed by atoms with van der Waals surface area (Å²) in [7, 11) is 0. The van der Waals surface area contributed by atoms with Crippen LogP contribution in [0.4, 0.5) is 17.3 Å². The normalized spacial score (nSPS) is 11.8. The Morgan fingerprint density at radius 2 is 1.88 bits per heavy atom. The fourth-order valence-electron chi connectivity index (χ4n) is 2.59. The van der Waals surface area contributed by atoms with Gasteiger partial charge in [-0.1, -0.05) is 26.0 Å². The predicted octanol–water partition coefficient (Wildman–Crippen LogP) is 2.54. The second-order valence-electron chi connectivity index (χ2n) is 6.68. The molecule has 1 atom stereocenters. The van der Waals surface area contributed by atoms with Gasteiger partial charge in [-0.2, -0.15) is 0 Å². The molecule has 1 aromatic carbocycles. The maximum Gasteiger partial charge on any atom is 0.252 e. The Morgan fingerprint density at radius 3 is 2.46 bits per heavy atom. The van der Waals surface area contributed by atoms with Gasteiger partial charge in [0.2, 0.25) is 5.91 Å². The monoisotopic (exact) mass is 355 g/mol. The molecule has 0 aliphatic heterocycles. The summed E-state index contributed by atoms with van der Waals surface area (Å²) >= 11 is 0. The number of nitrogens with two attached hydrogens (primary N) is 2. The Balaban J connectivity index is 2.32. The average Bonchev–Trinajstić information content (AvgIpc) is 2.53. The lowest BCUT2D eigenvalue weighted by Gasteiger charge is -2.19. The summed E-state index contributed by atoms with van der Waals surface area (Å²) in [5.41, 5.74) is 13.0. The molecular formula is C19H25N5O2. The quantitative estimate of drug-likeness (QED) is 0.579. The number of rotatable bonds is 8. The van der Waals surface area contributed by atoms with E-state index in [1.165, 1.54) is 0 Å². The molecule has 2 amide bonds. The third-order valence-corrected chi connectivity index (χ3v) is 3.81. The molecule has 6 N–H and O–H groups in total. The molecule has 0 saturated carbocycles. The Labute approximate surface area is 153 Å². The van der Waals surface area contributed by atoms with Crippen LogP contribution in [0, 0.1) is 12.8 Å². The largest absolute Gasteiger partial charge is 0.368 e. The molecule has 0 aliphatic rings. The van der Waals surface area contributed by atoms with E-state index in [0.717, 1.165) is 11.3 Å². The summed E-state index contributed by atoms with van der Waals surface area (Å²) in [4.78, 5) is 27.8. The number of anilines is 3. The van der Waals surface area contributed by atoms with Crippen molar-refractivity contribution in [3.8, 4) is 0 Å². The van der Waals surface area contributed by atoms with Gasteiger partial charge in [-0.05, 0) is 49.1 Å². The van der Waals surface area contributed by atoms with E-state index >= 15 is 0 Å². The number of aryl methyl sites for hydroxylation is 1. The summed E-state index contributed by atoms with van der Waals surface area (Å²) in [6.07, 6.45) is 0.579. The number of carbonyl (C=O) groups excluding carboxylic acids is 2. The Bertz CT molecular complexity index is 804. The molecule has 7 nitrogen and oxygen atoms in total. The summed E-state index contributed by atoms with van der Waals surface area (Å²) in [6, 6.07) is 10.3. The SMILES string of the molecule is Cc1cccc(Nc2nc(NC(CC(C)C)C(N)=O)ccc2C(N)=O)c1. The van der Waals surface area contributed by atoms with Crippen molar-refractivity contribution in [1.82, 2.24) is 4.98 Å². The van der Waals surface area contributed by atoms with Gasteiger partial charge in [0.15, 0.2) is 0 Å². The van der Waals surface area contributed by atoms with Crippen LogP contribution in [0.1, 0.15) is 36.2 Å². The summed E-state index contributed by atoms with van der Waals surface area (Å²) in [5.74, 6) is 0.00533. The molecule has 0 spiro atoms. The highest BCUT2D eigenvalue weighted by Gasteiger charge is 2.18. The lowest BCUT2D eigenvalue weighted by molar-refractivity contribution is -0.119. The fraction of sp³-hybridized carbons (Fsp3) is 0.316. The average molecular weight is 355 g/mol. The number of primary amides is 2. The van der Waals surface area contributed by atoms with Gasteiger partial charge in [-0.25, -0.2) is 4.98 Å². The molecule has 1 heterocycles. The molecular weight excluding hydrogens is 330 g/mol. The summed E-state index contributed by atoms with van der Waals surface area (Å²) < 4.78 is 0. The third kappa shape index (κ3) is 5.20. The fourth-order valence-corrected chi connectivity index (χ4v) is 2.59. The van der Waals surface area contributed by atoms with Crippen LogP contribution in [0.25, 0.3) is 0 Å². The van der Waals surface area contributed by atoms with Crippen LogP contribution in [-0.2, 0) is 4.79 Å². The Morgan fingerprint density at radius 1 is 1.15 bits per heavy atom. The predicted molar refractivity (Wildman–Crippen MR) is 103 cm³/mol. The molecule has 138 valence electrons. The third-order valence-electron chi connectivity index (χ3n) is 3.81. The minimum Gasteiger partial charge on any atom is -0.368 e. The van der Waals surface area contributed by atoms with E-state index in [1.54, 1.807) is 12.1 Å². The highest BCUT2D eigenvalue weighted by molar-refractivity contribution is 5.98. The van der Waals surface area contributed by atoms with Crippen molar-refractivity contribution in [3.05, 3.63) is 47.5 Å². The molecule has 7 heteroatoms. The van der Waals surface area contributed by atoms with Crippen molar-refractivity contribution in [1.29, 1.82) is 0 Å². The number of hydrogen-bond donors (Lipinski definition) is 4. The van der Waals surface area contributed by atoms with E-state index in [-0.39, 0.29) is 11.5 Å². The van der Waals surface area contributed by atoms with Gasteiger partial charge in [0, 0.05) is 5.69 Å². The first-order chi connectivity index (χ1) is 12.3. The highest BCUT2D eigenvalue weighted by atomic mass is 16.1. The van der Waals surface area contributed by atoms with Crippen molar-refractivity contribution in [2.75, 3.05) is 10.6 Å². The first-order valence-corrected chi connectivity index (χ1v) is 8.46. The first-order valence-electron chi connectivity index (χ1n) is 8.46. The van der Waals surface area contributed by atoms with Gasteiger partial charge in [-0.3, -0.25) is 9.59 Å². The topological polar surface area (TPSA) is 123 Å². The van der Waals surface area contributed by atoms with E-state index < -0.39 is 17.9 Å². The maximum atomic E-state index is 11.7. The molecule has 0 fully saturated rings. The highest BCUT2D eigenvalue weighted by Crippen LogP contribution is 2.22. The second kappa shape index (κ2) is 8.33. The zero-order valence-electron chi connectivity index (χ0n) is 15.2. The lowest BCUT2D eigenvalue weighted by Crippen LogP contribution is -2.36. The van der Waals surface area contributed by atoms with Gasteiger partial charge in [0.1, 0.15) is 17.7 Å². The van der Waals surface area contributed by atoms with E-state index in [2.05, 4.69) is 15.6 Å². The van der Waals surface area contributed by atoms with Crippen LogP contribution in [0.3, 0.4) is 0 Å². The number of amides is 2. The van der Waals surface area contributed by atoms with Crippen molar-refractivity contribution in [3.63, 3.8) is 0 Å². The van der Waals surface area contributed by atoms with Gasteiger partial charge in [-0.15, -0.1) is 0 Å². The number of carbonyl (C=O) groups is 2. The molecule has 0 aliphatic carbocycles. The molecule has 0 radical (unpaired) electrons. The van der Waals surface area contributed by atoms with E-state index in [9.17, 15) is 9.59 Å². The van der Waals surface area contributed by atoms with E-state index in [1.807, 2.05) is 45.0 Å². The minimum absolute atomic E-state index is 0.261. The number of benzene rings is 1. The van der Waals surface area contributed by atoms with E-state index in [4.69, 9.17) is 11.5 Å². The van der Waals surface area contributed by atoms with Crippen molar-refractivity contribution < 1.29 is 9.59 Å². The Hall–Kier alpha value is -3.09. The molecule has 2 rings (SSSR count). The second-order valence-corrected chi connectivity index (χ2v) is 6.68. The molecule has 0 saturated heterocycles. The van der Waals surface area contributed by atoms with Crippen molar-refractivity contribution in [2.45, 2.75) is 33.2 Å². The van der Waals surface area contributed by atoms with Crippen LogP contribution in [0.15, 0.2) is 36.4 Å². The zero-order chi connectivity index (χ0) is 19.3. The smallest absolute Gasteiger partial charge is 0.252 e. The standard InChI is InChI=1S/C19H25N5O2/c1-11(2)9-15(18(21)26)23-16-8-7-14(17(20)25)19(24-16)22-13-6-4-5-12(3)10-13/h4-8,10-11,15H,9H2,1-3H3,(H2,20,25)(H2,21,26)(H2,22,23,24). The van der Waals surface area contributed by atoms with E-state index in [0.29, 0.717) is 18.1 Å². The maximum absolute atomic E-state index is 11.7. The van der Waals surface area contributed by atoms with Gasteiger partial charge in [0.25, 0.3) is 5.91 Å². The van der Waals surface area contributed by atoms with Crippen LogP contribution in [-0.4, -0.2) is 22.8 Å². The van der Waals surface area contributed by atoms with Crippen molar-refractivity contribution in [2.24, 2.45) is 17.4 Å². The number of aromatic nitrogens is 1. The van der Waals surface area contributed by atoms with Crippen molar-refractivity contribution >= 4 is 29.1 Å². The molecule has 1 aromatic heterocycles. The first kappa shape index (κ1) is 19.2. The van der Waals surface area contributed by atoms with Gasteiger partial charge >= 0.3 is 0 Å². The number of nitrogens with one attached hydrogen (secondary N) is 2. The number of pyridine rings is 1. The molecule has 0 bridgehead atoms. The zero-order valence-corrected chi connectivity index (χ0v) is 15.2.